The number of hydrogen-bond donors (Lipinski definition) is 1. The second-order valence-electron chi connectivity index (χ2n) is 11.3. The summed E-state index contributed by atoms with van der Waals surface area (Å²) in [6.45, 7) is 5.40. The number of phenols is 1. The first-order valence-corrected chi connectivity index (χ1v) is 13.8. The van der Waals surface area contributed by atoms with Gasteiger partial charge in [-0.25, -0.2) is 0 Å². The van der Waals surface area contributed by atoms with E-state index in [0.29, 0.717) is 39.8 Å². The third-order valence-electron chi connectivity index (χ3n) is 9.19. The fourth-order valence-corrected chi connectivity index (χ4v) is 7.24. The third-order valence-corrected chi connectivity index (χ3v) is 9.19. The van der Waals surface area contributed by atoms with Gasteiger partial charge in [0.2, 0.25) is 11.8 Å². The molecule has 6 heteroatoms. The lowest BCUT2D eigenvalue weighted by atomic mass is 9.59. The van der Waals surface area contributed by atoms with Crippen molar-refractivity contribution in [1.82, 2.24) is 0 Å². The highest BCUT2D eigenvalue weighted by Gasteiger charge is 2.56. The molecular weight excluding hydrogens is 514 g/mol. The number of rotatable bonds is 3. The predicted octanol–water partition coefficient (Wildman–Crippen LogP) is 5.82. The van der Waals surface area contributed by atoms with E-state index in [1.54, 1.807) is 25.1 Å². The van der Waals surface area contributed by atoms with E-state index in [2.05, 4.69) is 6.58 Å². The zero-order chi connectivity index (χ0) is 28.6. The summed E-state index contributed by atoms with van der Waals surface area (Å²) < 4.78 is 0. The van der Waals surface area contributed by atoms with Gasteiger partial charge in [-0.15, -0.1) is 0 Å². The number of Topliss-reactive ketones (excluding diaryl/α,β-unsaturated/α-hetero) is 1. The Labute approximate surface area is 237 Å². The Morgan fingerprint density at radius 2 is 1.68 bits per heavy atom. The van der Waals surface area contributed by atoms with Gasteiger partial charge in [-0.2, -0.15) is 0 Å². The second kappa shape index (κ2) is 9.10. The Balaban J connectivity index is 1.38. The standard InChI is InChI=1S/C35H27NO5/c1-3-19-8-11-21(12-9-19)36-34(40)25-15-14-23-26(30(25)35(36)41)17-27-28(37)16-18(2)32(38)31(27)29(23)24-13-10-20-6-4-5-7-22(20)33(24)39/h3-14,16,25-26,29-30,39H,1,15,17H2,2H3/t25-,26+,29+,30-/m0/s1. The Morgan fingerprint density at radius 1 is 0.927 bits per heavy atom. The molecule has 0 saturated carbocycles. The first-order valence-electron chi connectivity index (χ1n) is 13.8. The highest BCUT2D eigenvalue weighted by Crippen LogP contribution is 2.56. The summed E-state index contributed by atoms with van der Waals surface area (Å²) in [7, 11) is 0. The van der Waals surface area contributed by atoms with Crippen LogP contribution in [0.5, 0.6) is 5.75 Å². The average molecular weight is 542 g/mol. The number of anilines is 1. The van der Waals surface area contributed by atoms with E-state index in [-0.39, 0.29) is 35.6 Å². The summed E-state index contributed by atoms with van der Waals surface area (Å²) >= 11 is 0. The molecule has 41 heavy (non-hydrogen) atoms. The maximum Gasteiger partial charge on any atom is 0.238 e. The van der Waals surface area contributed by atoms with E-state index in [1.165, 1.54) is 11.0 Å². The number of hydrogen-bond acceptors (Lipinski definition) is 5. The molecule has 1 N–H and O–H groups in total. The van der Waals surface area contributed by atoms with Crippen LogP contribution in [-0.4, -0.2) is 28.5 Å². The minimum Gasteiger partial charge on any atom is -0.507 e. The van der Waals surface area contributed by atoms with Crippen molar-refractivity contribution in [1.29, 1.82) is 0 Å². The van der Waals surface area contributed by atoms with E-state index in [0.717, 1.165) is 16.5 Å². The molecule has 0 aromatic heterocycles. The van der Waals surface area contributed by atoms with Gasteiger partial charge in [0.15, 0.2) is 11.6 Å². The fourth-order valence-electron chi connectivity index (χ4n) is 7.24. The molecule has 7 rings (SSSR count). The van der Waals surface area contributed by atoms with Crippen LogP contribution in [-0.2, 0) is 19.2 Å². The fraction of sp³-hybridized carbons (Fsp3) is 0.200. The first kappa shape index (κ1) is 25.1. The summed E-state index contributed by atoms with van der Waals surface area (Å²) in [5.74, 6) is -3.37. The largest absolute Gasteiger partial charge is 0.507 e. The van der Waals surface area contributed by atoms with E-state index in [4.69, 9.17) is 0 Å². The lowest BCUT2D eigenvalue weighted by Crippen LogP contribution is -2.39. The molecule has 2 amide bonds. The zero-order valence-corrected chi connectivity index (χ0v) is 22.5. The minimum absolute atomic E-state index is 0.0499. The van der Waals surface area contributed by atoms with Crippen molar-refractivity contribution in [3.63, 3.8) is 0 Å². The van der Waals surface area contributed by atoms with Crippen LogP contribution < -0.4 is 4.90 Å². The molecule has 4 aliphatic rings. The van der Waals surface area contributed by atoms with Crippen LogP contribution in [0.1, 0.15) is 36.8 Å². The normalized spacial score (nSPS) is 25.5. The molecular formula is C35H27NO5. The zero-order valence-electron chi connectivity index (χ0n) is 22.5. The molecule has 3 aliphatic carbocycles. The number of phenolic OH excluding ortho intramolecular Hbond substituents is 1. The van der Waals surface area contributed by atoms with Gasteiger partial charge in [-0.3, -0.25) is 24.1 Å². The van der Waals surface area contributed by atoms with Gasteiger partial charge >= 0.3 is 0 Å². The summed E-state index contributed by atoms with van der Waals surface area (Å²) in [4.78, 5) is 56.0. The van der Waals surface area contributed by atoms with Crippen LogP contribution in [0.2, 0.25) is 0 Å². The Morgan fingerprint density at radius 3 is 2.44 bits per heavy atom. The summed E-state index contributed by atoms with van der Waals surface area (Å²) in [5.41, 5.74) is 3.82. The number of fused-ring (bicyclic) bond motifs is 4. The number of carbonyl (C=O) groups excluding carboxylic acids is 4. The third kappa shape index (κ3) is 3.56. The molecule has 1 fully saturated rings. The Hall–Kier alpha value is -4.84. The molecule has 0 radical (unpaired) electrons. The maximum absolute atomic E-state index is 14.0. The van der Waals surface area contributed by atoms with Crippen molar-refractivity contribution in [2.75, 3.05) is 4.90 Å². The first-order chi connectivity index (χ1) is 19.8. The topological polar surface area (TPSA) is 91.8 Å². The molecule has 3 aromatic rings. The molecule has 1 heterocycles. The Bertz CT molecular complexity index is 1820. The van der Waals surface area contributed by atoms with Gasteiger partial charge in [-0.05, 0) is 54.8 Å². The van der Waals surface area contributed by atoms with Crippen LogP contribution >= 0.6 is 0 Å². The van der Waals surface area contributed by atoms with Gasteiger partial charge in [0.05, 0.1) is 17.5 Å². The van der Waals surface area contributed by atoms with Gasteiger partial charge in [0, 0.05) is 33.6 Å². The molecule has 1 aliphatic heterocycles. The maximum atomic E-state index is 14.0. The van der Waals surface area contributed by atoms with Crippen LogP contribution in [0.4, 0.5) is 5.69 Å². The number of carbonyl (C=O) groups is 4. The molecule has 0 bridgehead atoms. The van der Waals surface area contributed by atoms with Gasteiger partial charge in [0.25, 0.3) is 0 Å². The number of nitrogens with zero attached hydrogens (tertiary/aromatic N) is 1. The number of aromatic hydroxyl groups is 1. The number of ketones is 2. The monoisotopic (exact) mass is 541 g/mol. The van der Waals surface area contributed by atoms with Crippen molar-refractivity contribution in [3.05, 3.63) is 113 Å². The minimum atomic E-state index is -0.696. The molecule has 6 nitrogen and oxygen atoms in total. The summed E-state index contributed by atoms with van der Waals surface area (Å²) in [5, 5.41) is 13.0. The van der Waals surface area contributed by atoms with Crippen LogP contribution in [0.25, 0.3) is 16.8 Å². The number of benzene rings is 3. The van der Waals surface area contributed by atoms with E-state index >= 15 is 0 Å². The van der Waals surface area contributed by atoms with Crippen molar-refractivity contribution < 1.29 is 24.3 Å². The van der Waals surface area contributed by atoms with Crippen molar-refractivity contribution in [3.8, 4) is 5.75 Å². The highest BCUT2D eigenvalue weighted by molar-refractivity contribution is 6.25. The molecule has 1 saturated heterocycles. The van der Waals surface area contributed by atoms with E-state index in [9.17, 15) is 24.3 Å². The summed E-state index contributed by atoms with van der Waals surface area (Å²) in [6.07, 6.45) is 5.57. The highest BCUT2D eigenvalue weighted by atomic mass is 16.3. The SMILES string of the molecule is C=Cc1ccc(N2C(=O)[C@H]3[C@H](CC=C4[C@H](c5ccc6ccccc6c5O)C5=C(C[C@H]43)C(=O)C=C(C)C5=O)C2=O)cc1. The summed E-state index contributed by atoms with van der Waals surface area (Å²) in [6, 6.07) is 18.3. The van der Waals surface area contributed by atoms with Crippen molar-refractivity contribution in [2.45, 2.75) is 25.7 Å². The smallest absolute Gasteiger partial charge is 0.238 e. The van der Waals surface area contributed by atoms with Gasteiger partial charge < -0.3 is 5.11 Å². The number of imide groups is 1. The Kier molecular flexibility index (Phi) is 5.58. The van der Waals surface area contributed by atoms with Crippen LogP contribution in [0, 0.1) is 17.8 Å². The molecule has 4 atom stereocenters. The lowest BCUT2D eigenvalue weighted by molar-refractivity contribution is -0.123. The average Bonchev–Trinajstić information content (AvgIpc) is 3.25. The molecule has 202 valence electrons. The van der Waals surface area contributed by atoms with E-state index < -0.39 is 23.7 Å². The quantitative estimate of drug-likeness (QED) is 0.256. The van der Waals surface area contributed by atoms with Gasteiger partial charge in [-0.1, -0.05) is 72.8 Å². The van der Waals surface area contributed by atoms with Gasteiger partial charge in [0.1, 0.15) is 5.75 Å². The molecule has 3 aromatic carbocycles. The van der Waals surface area contributed by atoms with Crippen LogP contribution in [0.15, 0.2) is 102 Å². The van der Waals surface area contributed by atoms with E-state index in [1.807, 2.05) is 54.6 Å². The second-order valence-corrected chi connectivity index (χ2v) is 11.3. The van der Waals surface area contributed by atoms with Crippen LogP contribution in [0.3, 0.4) is 0 Å². The lowest BCUT2D eigenvalue weighted by Gasteiger charge is -2.42. The molecule has 0 unspecified atom stereocenters. The van der Waals surface area contributed by atoms with Crippen molar-refractivity contribution in [2.24, 2.45) is 17.8 Å². The van der Waals surface area contributed by atoms with Crippen molar-refractivity contribution >= 4 is 45.9 Å². The predicted molar refractivity (Wildman–Crippen MR) is 156 cm³/mol. The number of amides is 2. The number of allylic oxidation sites excluding steroid dienone is 6. The molecule has 0 spiro atoms.